The van der Waals surface area contributed by atoms with E-state index in [-0.39, 0.29) is 16.4 Å². The van der Waals surface area contributed by atoms with Gasteiger partial charge in [0.1, 0.15) is 11.1 Å². The van der Waals surface area contributed by atoms with Gasteiger partial charge < -0.3 is 10.0 Å². The number of carbonyl (C=O) groups is 1. The lowest BCUT2D eigenvalue weighted by Gasteiger charge is -2.24. The maximum atomic E-state index is 12.8. The summed E-state index contributed by atoms with van der Waals surface area (Å²) in [7, 11) is 1.41. The Hall–Kier alpha value is -2.55. The smallest absolute Gasteiger partial charge is 0.416 e. The molecule has 2 rings (SSSR count). The van der Waals surface area contributed by atoms with Crippen LogP contribution in [0.25, 0.3) is 5.69 Å². The molecular weight excluding hydrogens is 363 g/mol. The largest absolute Gasteiger partial charge is 0.480 e. The molecule has 10 heteroatoms. The van der Waals surface area contributed by atoms with Crippen LogP contribution in [0, 0.1) is 0 Å². The van der Waals surface area contributed by atoms with Crippen molar-refractivity contribution in [3.8, 4) is 5.69 Å². The highest BCUT2D eigenvalue weighted by Gasteiger charge is 2.31. The van der Waals surface area contributed by atoms with Gasteiger partial charge in [-0.25, -0.2) is 4.79 Å². The lowest BCUT2D eigenvalue weighted by atomic mass is 10.2. The molecule has 2 aromatic rings. The Labute approximate surface area is 145 Å². The summed E-state index contributed by atoms with van der Waals surface area (Å²) in [6.45, 7) is 1.39. The topological polar surface area (TPSA) is 75.4 Å². The number of benzene rings is 1. The van der Waals surface area contributed by atoms with Gasteiger partial charge in [-0.2, -0.15) is 23.0 Å². The number of aromatic nitrogens is 2. The van der Waals surface area contributed by atoms with Crippen LogP contribution in [-0.2, 0) is 11.0 Å². The minimum Gasteiger partial charge on any atom is -0.480 e. The number of likely N-dealkylation sites (N-methyl/N-ethyl adjacent to an activating group) is 1. The highest BCUT2D eigenvalue weighted by Crippen LogP contribution is 2.30. The molecule has 1 atom stereocenters. The fraction of sp³-hybridized carbons (Fsp3) is 0.267. The summed E-state index contributed by atoms with van der Waals surface area (Å²) >= 11 is 5.99. The molecule has 0 saturated carbocycles. The number of hydrogen-bond acceptors (Lipinski definition) is 4. The Morgan fingerprint density at radius 2 is 2.04 bits per heavy atom. The standard InChI is InChI=1S/C15H13ClF3N3O3/c1-8(14(24)25)21(2)11-7-20-22(13(23)12(11)16)10-5-3-4-9(6-10)15(17,18)19/h3-8H,1-2H3,(H,24,25). The van der Waals surface area contributed by atoms with Crippen LogP contribution in [0.2, 0.25) is 5.02 Å². The molecule has 1 N–H and O–H groups in total. The van der Waals surface area contributed by atoms with Crippen molar-refractivity contribution in [2.24, 2.45) is 0 Å². The first kappa shape index (κ1) is 18.8. The van der Waals surface area contributed by atoms with Gasteiger partial charge in [0.2, 0.25) is 0 Å². The third-order valence-corrected chi connectivity index (χ3v) is 3.99. The van der Waals surface area contributed by atoms with Crippen LogP contribution in [0.5, 0.6) is 0 Å². The van der Waals surface area contributed by atoms with Crippen molar-refractivity contribution < 1.29 is 23.1 Å². The van der Waals surface area contributed by atoms with Gasteiger partial charge in [-0.15, -0.1) is 0 Å². The molecule has 6 nitrogen and oxygen atoms in total. The number of alkyl halides is 3. The van der Waals surface area contributed by atoms with Crippen LogP contribution in [0.15, 0.2) is 35.3 Å². The molecule has 0 spiro atoms. The second-order valence-corrected chi connectivity index (χ2v) is 5.61. The van der Waals surface area contributed by atoms with E-state index in [0.717, 1.165) is 29.1 Å². The molecule has 0 bridgehead atoms. The van der Waals surface area contributed by atoms with Crippen molar-refractivity contribution in [2.45, 2.75) is 19.1 Å². The SMILES string of the molecule is CC(C(=O)O)N(C)c1cnn(-c2cccc(C(F)(F)F)c2)c(=O)c1Cl. The van der Waals surface area contributed by atoms with E-state index in [9.17, 15) is 22.8 Å². The summed E-state index contributed by atoms with van der Waals surface area (Å²) < 4.78 is 39.1. The minimum absolute atomic E-state index is 0.0600. The van der Waals surface area contributed by atoms with Crippen LogP contribution >= 0.6 is 11.6 Å². The Morgan fingerprint density at radius 3 is 2.60 bits per heavy atom. The molecule has 0 fully saturated rings. The van der Waals surface area contributed by atoms with Crippen LogP contribution in [0.1, 0.15) is 12.5 Å². The quantitative estimate of drug-likeness (QED) is 0.889. The number of nitrogens with zero attached hydrogens (tertiary/aromatic N) is 3. The number of halogens is 4. The zero-order valence-electron chi connectivity index (χ0n) is 13.1. The van der Waals surface area contributed by atoms with Gasteiger partial charge in [0.15, 0.2) is 0 Å². The number of aliphatic carboxylic acids is 1. The average Bonchev–Trinajstić information content (AvgIpc) is 2.55. The van der Waals surface area contributed by atoms with Gasteiger partial charge in [-0.3, -0.25) is 4.79 Å². The van der Waals surface area contributed by atoms with E-state index in [1.807, 2.05) is 0 Å². The van der Waals surface area contributed by atoms with Crippen LogP contribution in [0.3, 0.4) is 0 Å². The highest BCUT2D eigenvalue weighted by molar-refractivity contribution is 6.33. The summed E-state index contributed by atoms with van der Waals surface area (Å²) in [4.78, 5) is 24.6. The molecule has 25 heavy (non-hydrogen) atoms. The molecule has 0 aliphatic heterocycles. The first-order chi connectivity index (χ1) is 11.5. The third-order valence-electron chi connectivity index (χ3n) is 3.64. The second-order valence-electron chi connectivity index (χ2n) is 5.23. The molecule has 0 radical (unpaired) electrons. The zero-order valence-corrected chi connectivity index (χ0v) is 13.8. The van der Waals surface area contributed by atoms with Crippen molar-refractivity contribution in [3.63, 3.8) is 0 Å². The zero-order chi connectivity index (χ0) is 18.9. The highest BCUT2D eigenvalue weighted by atomic mass is 35.5. The molecule has 0 aliphatic rings. The molecule has 1 aromatic heterocycles. The number of carboxylic acid groups (broad SMARTS) is 1. The summed E-state index contributed by atoms with van der Waals surface area (Å²) in [5, 5.41) is 12.5. The van der Waals surface area contributed by atoms with Crippen LogP contribution in [0.4, 0.5) is 18.9 Å². The van der Waals surface area contributed by atoms with E-state index in [1.165, 1.54) is 24.9 Å². The van der Waals surface area contributed by atoms with Gasteiger partial charge >= 0.3 is 12.1 Å². The Morgan fingerprint density at radius 1 is 1.40 bits per heavy atom. The van der Waals surface area contributed by atoms with Crippen molar-refractivity contribution in [2.75, 3.05) is 11.9 Å². The maximum absolute atomic E-state index is 12.8. The van der Waals surface area contributed by atoms with E-state index >= 15 is 0 Å². The van der Waals surface area contributed by atoms with Crippen LogP contribution in [-0.4, -0.2) is 33.9 Å². The fourth-order valence-electron chi connectivity index (χ4n) is 2.04. The molecule has 0 amide bonds. The number of hydrogen-bond donors (Lipinski definition) is 1. The van der Waals surface area contributed by atoms with Crippen molar-refractivity contribution >= 4 is 23.3 Å². The van der Waals surface area contributed by atoms with E-state index in [4.69, 9.17) is 16.7 Å². The summed E-state index contributed by atoms with van der Waals surface area (Å²) in [5.41, 5.74) is -1.84. The van der Waals surface area contributed by atoms with Crippen molar-refractivity contribution in [1.29, 1.82) is 0 Å². The van der Waals surface area contributed by atoms with Crippen molar-refractivity contribution in [1.82, 2.24) is 9.78 Å². The van der Waals surface area contributed by atoms with E-state index in [0.29, 0.717) is 0 Å². The fourth-order valence-corrected chi connectivity index (χ4v) is 2.30. The molecule has 1 heterocycles. The van der Waals surface area contributed by atoms with E-state index in [1.54, 1.807) is 0 Å². The predicted octanol–water partition coefficient (Wildman–Crippen LogP) is 2.81. The monoisotopic (exact) mass is 375 g/mol. The van der Waals surface area contributed by atoms with E-state index < -0.39 is 29.3 Å². The number of rotatable bonds is 4. The Bertz CT molecular complexity index is 867. The first-order valence-corrected chi connectivity index (χ1v) is 7.33. The molecule has 1 unspecified atom stereocenters. The van der Waals surface area contributed by atoms with Gasteiger partial charge in [0.05, 0.1) is 23.1 Å². The second kappa shape index (κ2) is 6.75. The molecule has 134 valence electrons. The lowest BCUT2D eigenvalue weighted by molar-refractivity contribution is -0.138. The Balaban J connectivity index is 2.52. The van der Waals surface area contributed by atoms with E-state index in [2.05, 4.69) is 5.10 Å². The van der Waals surface area contributed by atoms with Gasteiger partial charge in [-0.1, -0.05) is 17.7 Å². The summed E-state index contributed by atoms with van der Waals surface area (Å²) in [5.74, 6) is -1.14. The predicted molar refractivity (Wildman–Crippen MR) is 85.3 cm³/mol. The minimum atomic E-state index is -4.57. The first-order valence-electron chi connectivity index (χ1n) is 6.95. The van der Waals surface area contributed by atoms with Gasteiger partial charge in [0, 0.05) is 7.05 Å². The molecule has 0 saturated heterocycles. The summed E-state index contributed by atoms with van der Waals surface area (Å²) in [6.07, 6.45) is -3.44. The molecule has 0 aliphatic carbocycles. The van der Waals surface area contributed by atoms with Crippen LogP contribution < -0.4 is 10.5 Å². The average molecular weight is 376 g/mol. The summed E-state index contributed by atoms with van der Waals surface area (Å²) in [6, 6.07) is 3.08. The van der Waals surface area contributed by atoms with Gasteiger partial charge in [0.25, 0.3) is 5.56 Å². The van der Waals surface area contributed by atoms with Gasteiger partial charge in [-0.05, 0) is 25.1 Å². The number of carboxylic acids is 1. The lowest BCUT2D eigenvalue weighted by Crippen LogP contribution is -2.37. The molecular formula is C15H13ClF3N3O3. The maximum Gasteiger partial charge on any atom is 0.416 e. The number of anilines is 1. The normalized spacial score (nSPS) is 12.7. The van der Waals surface area contributed by atoms with Crippen molar-refractivity contribution in [3.05, 3.63) is 51.4 Å². The molecule has 1 aromatic carbocycles. The Kier molecular flexibility index (Phi) is 5.07. The third kappa shape index (κ3) is 3.76.